The lowest BCUT2D eigenvalue weighted by molar-refractivity contribution is 0.112. The quantitative estimate of drug-likeness (QED) is 0.380. The number of hydrogen-bond acceptors (Lipinski definition) is 5. The van der Waals surface area contributed by atoms with Crippen LogP contribution in [0.5, 0.6) is 11.5 Å². The molecule has 0 aliphatic rings. The van der Waals surface area contributed by atoms with E-state index in [2.05, 4.69) is 0 Å². The van der Waals surface area contributed by atoms with Crippen molar-refractivity contribution in [2.24, 2.45) is 0 Å². The van der Waals surface area contributed by atoms with E-state index in [1.807, 2.05) is 0 Å². The minimum absolute atomic E-state index is 0.159. The van der Waals surface area contributed by atoms with Crippen LogP contribution in [0.25, 0.3) is 10.9 Å². The summed E-state index contributed by atoms with van der Waals surface area (Å²) in [6, 6.07) is 11.4. The Morgan fingerprint density at radius 2 is 1.73 bits per heavy atom. The van der Waals surface area contributed by atoms with Gasteiger partial charge in [0.2, 0.25) is 5.82 Å². The lowest BCUT2D eigenvalue weighted by atomic mass is 10.1. The summed E-state index contributed by atoms with van der Waals surface area (Å²) in [4.78, 5) is 11.6. The largest absolute Gasteiger partial charge is 0.453 e. The normalized spacial score (nSPS) is 11.4. The molecule has 1 aromatic heterocycles. The molecular weight excluding hydrogens is 457 g/mol. The van der Waals surface area contributed by atoms with Gasteiger partial charge in [-0.2, -0.15) is 9.65 Å². The Hall–Kier alpha value is -4.10. The summed E-state index contributed by atoms with van der Waals surface area (Å²) >= 11 is 0. The topological polar surface area (TPSA) is 89.2 Å². The van der Waals surface area contributed by atoms with E-state index in [9.17, 15) is 17.6 Å². The highest BCUT2D eigenvalue weighted by Crippen LogP contribution is 2.38. The van der Waals surface area contributed by atoms with Crippen molar-refractivity contribution < 1.29 is 31.1 Å². The molecule has 0 aliphatic heterocycles. The van der Waals surface area contributed by atoms with Crippen molar-refractivity contribution in [3.8, 4) is 17.6 Å². The second-order valence-corrected chi connectivity index (χ2v) is 8.85. The van der Waals surface area contributed by atoms with Crippen molar-refractivity contribution in [3.63, 3.8) is 0 Å². The Bertz CT molecular complexity index is 1570. The van der Waals surface area contributed by atoms with Gasteiger partial charge in [-0.05, 0) is 37.3 Å². The molecule has 0 saturated heterocycles. The summed E-state index contributed by atoms with van der Waals surface area (Å²) in [5.41, 5.74) is -0.727. The maximum absolute atomic E-state index is 15.1. The number of fused-ring (bicyclic) bond motifs is 1. The summed E-state index contributed by atoms with van der Waals surface area (Å²) in [5, 5.41) is 8.73. The fourth-order valence-electron chi connectivity index (χ4n) is 3.30. The van der Waals surface area contributed by atoms with Gasteiger partial charge >= 0.3 is 0 Å². The van der Waals surface area contributed by atoms with E-state index in [0.29, 0.717) is 3.97 Å². The molecule has 6 nitrogen and oxygen atoms in total. The number of hydrogen-bond donors (Lipinski definition) is 0. The van der Waals surface area contributed by atoms with Crippen molar-refractivity contribution in [1.82, 2.24) is 3.97 Å². The van der Waals surface area contributed by atoms with Crippen molar-refractivity contribution in [1.29, 1.82) is 5.26 Å². The standard InChI is InChI=1S/C23H13F3N2O4S/c1-13-2-5-16(6-3-13)33(30,31)28-9-8-17-18(12-29)23(21(26)20(25)22(17)28)32-15-4-7-19(24)14(10-15)11-27/h2-10,12H,1H3. The van der Waals surface area contributed by atoms with Crippen molar-refractivity contribution in [2.45, 2.75) is 11.8 Å². The van der Waals surface area contributed by atoms with Crippen LogP contribution in [0.1, 0.15) is 21.5 Å². The Morgan fingerprint density at radius 1 is 1.03 bits per heavy atom. The van der Waals surface area contributed by atoms with Gasteiger partial charge in [0.25, 0.3) is 10.0 Å². The number of aromatic nitrogens is 1. The number of halogens is 3. The van der Waals surface area contributed by atoms with Crippen molar-refractivity contribution in [3.05, 3.63) is 88.9 Å². The Balaban J connectivity index is 1.92. The third-order valence-electron chi connectivity index (χ3n) is 4.96. The smallest absolute Gasteiger partial charge is 0.268 e. The predicted molar refractivity (Wildman–Crippen MR) is 112 cm³/mol. The lowest BCUT2D eigenvalue weighted by Crippen LogP contribution is -2.13. The lowest BCUT2D eigenvalue weighted by Gasteiger charge is -2.13. The second kappa shape index (κ2) is 8.11. The van der Waals surface area contributed by atoms with E-state index in [1.165, 1.54) is 12.1 Å². The van der Waals surface area contributed by atoms with Gasteiger partial charge in [0.1, 0.15) is 23.2 Å². The van der Waals surface area contributed by atoms with Gasteiger partial charge in [-0.1, -0.05) is 17.7 Å². The maximum atomic E-state index is 15.1. The van der Waals surface area contributed by atoms with Gasteiger partial charge in [0.05, 0.1) is 16.0 Å². The first-order valence-electron chi connectivity index (χ1n) is 9.36. The molecule has 0 amide bonds. The van der Waals surface area contributed by atoms with Crippen LogP contribution in [0.2, 0.25) is 0 Å². The number of ether oxygens (including phenoxy) is 1. The number of benzene rings is 3. The minimum atomic E-state index is -4.31. The zero-order chi connectivity index (χ0) is 23.9. The number of aldehydes is 1. The molecule has 0 aliphatic carbocycles. The van der Waals surface area contributed by atoms with E-state index in [0.717, 1.165) is 36.0 Å². The van der Waals surface area contributed by atoms with Crippen LogP contribution < -0.4 is 4.74 Å². The first kappa shape index (κ1) is 22.1. The van der Waals surface area contributed by atoms with Crippen LogP contribution >= 0.6 is 0 Å². The second-order valence-electron chi connectivity index (χ2n) is 7.04. The molecule has 0 saturated carbocycles. The van der Waals surface area contributed by atoms with Crippen molar-refractivity contribution >= 4 is 27.2 Å². The summed E-state index contributed by atoms with van der Waals surface area (Å²) in [5.74, 6) is -5.07. The number of nitrogens with zero attached hydrogens (tertiary/aromatic N) is 2. The molecule has 166 valence electrons. The number of rotatable bonds is 5. The Morgan fingerprint density at radius 3 is 2.36 bits per heavy atom. The third-order valence-corrected chi connectivity index (χ3v) is 6.65. The fourth-order valence-corrected chi connectivity index (χ4v) is 4.65. The number of carbonyl (C=O) groups excluding carboxylic acids is 1. The first-order valence-corrected chi connectivity index (χ1v) is 10.8. The average Bonchev–Trinajstić information content (AvgIpc) is 3.25. The van der Waals surface area contributed by atoms with Gasteiger partial charge < -0.3 is 4.74 Å². The number of carbonyl (C=O) groups is 1. The molecule has 33 heavy (non-hydrogen) atoms. The highest BCUT2D eigenvalue weighted by atomic mass is 32.2. The van der Waals surface area contributed by atoms with E-state index in [1.54, 1.807) is 25.1 Å². The molecule has 0 bridgehead atoms. The first-order chi connectivity index (χ1) is 15.7. The van der Waals surface area contributed by atoms with Gasteiger partial charge in [-0.25, -0.2) is 21.2 Å². The SMILES string of the molecule is Cc1ccc(S(=O)(=O)n2ccc3c(C=O)c(Oc4ccc(F)c(C#N)c4)c(F)c(F)c32)cc1. The Kier molecular flexibility index (Phi) is 5.43. The van der Waals surface area contributed by atoms with E-state index >= 15 is 8.78 Å². The molecule has 0 unspecified atom stereocenters. The van der Waals surface area contributed by atoms with Gasteiger partial charge in [-0.3, -0.25) is 4.79 Å². The summed E-state index contributed by atoms with van der Waals surface area (Å²) < 4.78 is 75.6. The molecule has 10 heteroatoms. The van der Waals surface area contributed by atoms with Crippen LogP contribution in [-0.2, 0) is 10.0 Å². The number of aryl methyl sites for hydroxylation is 1. The fraction of sp³-hybridized carbons (Fsp3) is 0.0435. The Labute approximate surface area is 186 Å². The maximum Gasteiger partial charge on any atom is 0.268 e. The monoisotopic (exact) mass is 470 g/mol. The van der Waals surface area contributed by atoms with E-state index in [-0.39, 0.29) is 22.3 Å². The van der Waals surface area contributed by atoms with Crippen LogP contribution in [0.15, 0.2) is 59.6 Å². The molecule has 4 aromatic rings. The molecule has 0 atom stereocenters. The highest BCUT2D eigenvalue weighted by molar-refractivity contribution is 7.90. The molecule has 1 heterocycles. The highest BCUT2D eigenvalue weighted by Gasteiger charge is 2.28. The van der Waals surface area contributed by atoms with Gasteiger partial charge in [0, 0.05) is 17.6 Å². The van der Waals surface area contributed by atoms with Gasteiger partial charge in [0.15, 0.2) is 17.9 Å². The van der Waals surface area contributed by atoms with Crippen LogP contribution in [0, 0.1) is 35.7 Å². The van der Waals surface area contributed by atoms with Crippen molar-refractivity contribution in [2.75, 3.05) is 0 Å². The predicted octanol–water partition coefficient (Wildman–Crippen LogP) is 5.08. The molecule has 0 N–H and O–H groups in total. The molecule has 4 rings (SSSR count). The summed E-state index contributed by atoms with van der Waals surface area (Å²) in [6.07, 6.45) is 1.20. The van der Waals surface area contributed by atoms with Crippen LogP contribution in [0.4, 0.5) is 13.2 Å². The van der Waals surface area contributed by atoms with E-state index in [4.69, 9.17) is 10.00 Å². The summed E-state index contributed by atoms with van der Waals surface area (Å²) in [6.45, 7) is 1.76. The zero-order valence-corrected chi connectivity index (χ0v) is 17.7. The van der Waals surface area contributed by atoms with Gasteiger partial charge in [-0.15, -0.1) is 0 Å². The van der Waals surface area contributed by atoms with E-state index < -0.39 is 49.9 Å². The number of nitriles is 1. The molecule has 0 spiro atoms. The summed E-state index contributed by atoms with van der Waals surface area (Å²) in [7, 11) is -4.31. The molecule has 3 aromatic carbocycles. The molecule has 0 fully saturated rings. The average molecular weight is 470 g/mol. The third kappa shape index (κ3) is 3.62. The zero-order valence-electron chi connectivity index (χ0n) is 16.8. The van der Waals surface area contributed by atoms with Crippen LogP contribution in [-0.4, -0.2) is 18.7 Å². The minimum Gasteiger partial charge on any atom is -0.453 e. The molecular formula is C23H13F3N2O4S. The van der Waals surface area contributed by atoms with Crippen LogP contribution in [0.3, 0.4) is 0 Å². The molecule has 0 radical (unpaired) electrons.